The molecule has 4 heterocycles. The first-order chi connectivity index (χ1) is 16.5. The van der Waals surface area contributed by atoms with Crippen molar-refractivity contribution >= 4 is 39.6 Å². The zero-order valence-electron chi connectivity index (χ0n) is 18.6. The molecule has 1 aliphatic heterocycles. The first-order valence-corrected chi connectivity index (χ1v) is 11.2. The van der Waals surface area contributed by atoms with E-state index in [0.717, 1.165) is 0 Å². The number of aryl methyl sites for hydroxylation is 1. The molecule has 0 radical (unpaired) electrons. The Bertz CT molecular complexity index is 1460. The Hall–Kier alpha value is -4.18. The van der Waals surface area contributed by atoms with Crippen LogP contribution >= 0.6 is 11.3 Å². The fraction of sp³-hybridized carbons (Fsp3) is 0.167. The summed E-state index contributed by atoms with van der Waals surface area (Å²) in [4.78, 5) is 36.6. The molecule has 1 N–H and O–H groups in total. The van der Waals surface area contributed by atoms with Crippen LogP contribution in [0.3, 0.4) is 0 Å². The molecule has 1 fully saturated rings. The summed E-state index contributed by atoms with van der Waals surface area (Å²) in [7, 11) is 3.02. The molecule has 1 aliphatic rings. The molecule has 9 nitrogen and oxygen atoms in total. The molecule has 172 valence electrons. The van der Waals surface area contributed by atoms with Crippen molar-refractivity contribution in [2.45, 2.75) is 13.0 Å². The van der Waals surface area contributed by atoms with Crippen molar-refractivity contribution in [3.8, 4) is 11.5 Å². The number of anilines is 1. The summed E-state index contributed by atoms with van der Waals surface area (Å²) in [5.41, 5.74) is 1.98. The molecule has 1 amide bonds. The van der Waals surface area contributed by atoms with E-state index in [1.165, 1.54) is 30.5 Å². The Morgan fingerprint density at radius 3 is 2.62 bits per heavy atom. The maximum absolute atomic E-state index is 13.3. The maximum Gasteiger partial charge on any atom is 0.301 e. The van der Waals surface area contributed by atoms with Gasteiger partial charge in [0.2, 0.25) is 0 Å². The van der Waals surface area contributed by atoms with E-state index in [1.807, 2.05) is 6.07 Å². The van der Waals surface area contributed by atoms with E-state index in [2.05, 4.69) is 9.97 Å². The first kappa shape index (κ1) is 21.7. The number of rotatable bonds is 5. The van der Waals surface area contributed by atoms with Crippen molar-refractivity contribution in [3.63, 3.8) is 0 Å². The average Bonchev–Trinajstić information content (AvgIpc) is 3.55. The number of amides is 1. The number of fused-ring (bicyclic) bond motifs is 1. The summed E-state index contributed by atoms with van der Waals surface area (Å²) in [5.74, 6) is -0.972. The van der Waals surface area contributed by atoms with Crippen LogP contribution in [0.2, 0.25) is 0 Å². The van der Waals surface area contributed by atoms with E-state index in [1.54, 1.807) is 59.4 Å². The van der Waals surface area contributed by atoms with Crippen LogP contribution in [0.5, 0.6) is 11.5 Å². The van der Waals surface area contributed by atoms with E-state index >= 15 is 0 Å². The number of ether oxygens (including phenoxy) is 2. The number of thiazole rings is 1. The molecule has 0 aliphatic carbocycles. The second kappa shape index (κ2) is 8.31. The SMILES string of the molecule is COc1ccc(C2C(=C(O)c3c(C)nc4ccccn34)C(=O)C(=O)N2c2nccs2)cc1OC. The Kier molecular flexibility index (Phi) is 5.29. The van der Waals surface area contributed by atoms with Gasteiger partial charge in [-0.15, -0.1) is 11.3 Å². The molecule has 0 spiro atoms. The maximum atomic E-state index is 13.3. The fourth-order valence-corrected chi connectivity index (χ4v) is 4.90. The van der Waals surface area contributed by atoms with Crippen molar-refractivity contribution in [2.24, 2.45) is 0 Å². The number of aromatic nitrogens is 3. The minimum atomic E-state index is -0.931. The topological polar surface area (TPSA) is 106 Å². The van der Waals surface area contributed by atoms with Crippen LogP contribution in [0, 0.1) is 6.92 Å². The Morgan fingerprint density at radius 1 is 1.12 bits per heavy atom. The average molecular weight is 477 g/mol. The monoisotopic (exact) mass is 476 g/mol. The van der Waals surface area contributed by atoms with Crippen molar-refractivity contribution in [2.75, 3.05) is 19.1 Å². The van der Waals surface area contributed by atoms with Crippen molar-refractivity contribution in [1.82, 2.24) is 14.4 Å². The third-order valence-corrected chi connectivity index (χ3v) is 6.49. The van der Waals surface area contributed by atoms with Crippen LogP contribution in [-0.2, 0) is 9.59 Å². The Morgan fingerprint density at radius 2 is 1.91 bits per heavy atom. The number of aliphatic hydroxyl groups is 1. The highest BCUT2D eigenvalue weighted by atomic mass is 32.1. The van der Waals surface area contributed by atoms with Gasteiger partial charge in [0.05, 0.1) is 31.5 Å². The third-order valence-electron chi connectivity index (χ3n) is 5.72. The highest BCUT2D eigenvalue weighted by Gasteiger charge is 2.48. The normalized spacial score (nSPS) is 17.5. The molecule has 1 atom stereocenters. The van der Waals surface area contributed by atoms with Crippen LogP contribution in [0.25, 0.3) is 11.4 Å². The third kappa shape index (κ3) is 3.22. The molecule has 1 aromatic carbocycles. The Balaban J connectivity index is 1.79. The Labute approximate surface area is 198 Å². The summed E-state index contributed by atoms with van der Waals surface area (Å²) in [6, 6.07) is 9.60. The second-order valence-electron chi connectivity index (χ2n) is 7.57. The summed E-state index contributed by atoms with van der Waals surface area (Å²) >= 11 is 1.22. The molecule has 4 aromatic rings. The van der Waals surface area contributed by atoms with Gasteiger partial charge in [-0.3, -0.25) is 18.9 Å². The quantitative estimate of drug-likeness (QED) is 0.266. The van der Waals surface area contributed by atoms with E-state index in [4.69, 9.17) is 9.47 Å². The lowest BCUT2D eigenvalue weighted by Gasteiger charge is -2.23. The van der Waals surface area contributed by atoms with E-state index in [0.29, 0.717) is 39.2 Å². The molecule has 5 rings (SSSR count). The van der Waals surface area contributed by atoms with Crippen LogP contribution in [0.4, 0.5) is 5.13 Å². The predicted octanol–water partition coefficient (Wildman–Crippen LogP) is 3.74. The number of imidazole rings is 1. The number of methoxy groups -OCH3 is 2. The van der Waals surface area contributed by atoms with Gasteiger partial charge in [0.25, 0.3) is 5.78 Å². The van der Waals surface area contributed by atoms with Crippen molar-refractivity contribution in [3.05, 3.63) is 76.7 Å². The molecule has 1 saturated heterocycles. The lowest BCUT2D eigenvalue weighted by molar-refractivity contribution is -0.132. The first-order valence-electron chi connectivity index (χ1n) is 10.3. The lowest BCUT2D eigenvalue weighted by atomic mass is 9.96. The fourth-order valence-electron chi connectivity index (χ4n) is 4.23. The van der Waals surface area contributed by atoms with Gasteiger partial charge >= 0.3 is 5.91 Å². The van der Waals surface area contributed by atoms with Crippen LogP contribution in [0.1, 0.15) is 23.0 Å². The van der Waals surface area contributed by atoms with E-state index < -0.39 is 17.7 Å². The van der Waals surface area contributed by atoms with Gasteiger partial charge in [0, 0.05) is 17.8 Å². The van der Waals surface area contributed by atoms with E-state index in [-0.39, 0.29) is 11.3 Å². The number of hydrogen-bond donors (Lipinski definition) is 1. The van der Waals surface area contributed by atoms with Crippen molar-refractivity contribution < 1.29 is 24.2 Å². The molecule has 34 heavy (non-hydrogen) atoms. The van der Waals surface area contributed by atoms with Gasteiger partial charge in [-0.1, -0.05) is 12.1 Å². The minimum Gasteiger partial charge on any atom is -0.505 e. The highest BCUT2D eigenvalue weighted by molar-refractivity contribution is 7.14. The number of nitrogens with zero attached hydrogens (tertiary/aromatic N) is 4. The number of ketones is 1. The number of Topliss-reactive ketones (excluding diaryl/α,β-unsaturated/α-hetero) is 1. The number of hydrogen-bond acceptors (Lipinski definition) is 8. The minimum absolute atomic E-state index is 0.0545. The highest BCUT2D eigenvalue weighted by Crippen LogP contribution is 2.44. The number of pyridine rings is 1. The smallest absolute Gasteiger partial charge is 0.301 e. The molecular weight excluding hydrogens is 456 g/mol. The van der Waals surface area contributed by atoms with Gasteiger partial charge in [0.15, 0.2) is 22.4 Å². The zero-order chi connectivity index (χ0) is 24.0. The zero-order valence-corrected chi connectivity index (χ0v) is 19.4. The van der Waals surface area contributed by atoms with Gasteiger partial charge in [0.1, 0.15) is 11.3 Å². The summed E-state index contributed by atoms with van der Waals surface area (Å²) in [6.07, 6.45) is 3.30. The number of carbonyl (C=O) groups is 2. The molecule has 3 aromatic heterocycles. The van der Waals surface area contributed by atoms with Crippen LogP contribution < -0.4 is 14.4 Å². The van der Waals surface area contributed by atoms with Crippen molar-refractivity contribution in [1.29, 1.82) is 0 Å². The van der Waals surface area contributed by atoms with Gasteiger partial charge < -0.3 is 14.6 Å². The predicted molar refractivity (Wildman–Crippen MR) is 126 cm³/mol. The molecular formula is C24H20N4O5S. The summed E-state index contributed by atoms with van der Waals surface area (Å²) < 4.78 is 12.5. The standard InChI is InChI=1S/C24H20N4O5S/c1-13-19(27-10-5-4-6-17(27)26-13)21(29)18-20(14-7-8-15(32-2)16(12-14)33-3)28(23(31)22(18)30)24-25-9-11-34-24/h4-12,20,29H,1-3H3. The lowest BCUT2D eigenvalue weighted by Crippen LogP contribution is -2.29. The van der Waals surface area contributed by atoms with Gasteiger partial charge in [-0.25, -0.2) is 9.97 Å². The van der Waals surface area contributed by atoms with Crippen LogP contribution in [-0.4, -0.2) is 45.4 Å². The number of carbonyl (C=O) groups excluding carboxylic acids is 2. The molecule has 1 unspecified atom stereocenters. The van der Waals surface area contributed by atoms with Gasteiger partial charge in [-0.2, -0.15) is 0 Å². The molecule has 0 bridgehead atoms. The van der Waals surface area contributed by atoms with Crippen LogP contribution in [0.15, 0.2) is 59.7 Å². The summed E-state index contributed by atoms with van der Waals surface area (Å²) in [5, 5.41) is 13.6. The molecule has 0 saturated carbocycles. The number of benzene rings is 1. The van der Waals surface area contributed by atoms with Gasteiger partial charge in [-0.05, 0) is 36.8 Å². The van der Waals surface area contributed by atoms with E-state index in [9.17, 15) is 14.7 Å². The second-order valence-corrected chi connectivity index (χ2v) is 8.45. The molecule has 10 heteroatoms. The number of aliphatic hydroxyl groups excluding tert-OH is 1. The largest absolute Gasteiger partial charge is 0.505 e. The summed E-state index contributed by atoms with van der Waals surface area (Å²) in [6.45, 7) is 1.74.